The molecule has 0 spiro atoms. The number of rotatable bonds is 5. The van der Waals surface area contributed by atoms with Crippen LogP contribution in [0.3, 0.4) is 0 Å². The molecule has 3 aliphatic heterocycles. The molecule has 5 heterocycles. The van der Waals surface area contributed by atoms with Crippen molar-refractivity contribution in [2.24, 2.45) is 0 Å². The summed E-state index contributed by atoms with van der Waals surface area (Å²) in [6, 6.07) is 12.7. The number of ether oxygens (including phenoxy) is 2. The van der Waals surface area contributed by atoms with Crippen molar-refractivity contribution >= 4 is 35.4 Å². The summed E-state index contributed by atoms with van der Waals surface area (Å²) in [6.07, 6.45) is 1.77. The first kappa shape index (κ1) is 30.1. The van der Waals surface area contributed by atoms with Crippen LogP contribution in [0.1, 0.15) is 27.3 Å². The highest BCUT2D eigenvalue weighted by Crippen LogP contribution is 2.30. The lowest BCUT2D eigenvalue weighted by Crippen LogP contribution is -2.38. The molecule has 1 aromatic carbocycles. The molecule has 0 aliphatic carbocycles. The van der Waals surface area contributed by atoms with Gasteiger partial charge in [-0.3, -0.25) is 9.78 Å². The van der Waals surface area contributed by atoms with Crippen LogP contribution >= 0.6 is 0 Å². The van der Waals surface area contributed by atoms with E-state index in [1.54, 1.807) is 0 Å². The summed E-state index contributed by atoms with van der Waals surface area (Å²) in [7, 11) is 0. The van der Waals surface area contributed by atoms with Gasteiger partial charge in [-0.05, 0) is 42.0 Å². The van der Waals surface area contributed by atoms with Crippen LogP contribution < -0.4 is 15.1 Å². The Balaban J connectivity index is 0.000000472. The highest BCUT2D eigenvalue weighted by atomic mass is 19.4. The predicted molar refractivity (Wildman–Crippen MR) is 155 cm³/mol. The lowest BCUT2D eigenvalue weighted by atomic mass is 10.1. The molecular weight excluding hydrogens is 567 g/mol. The smallest absolute Gasteiger partial charge is 0.475 e. The number of hydrogen-bond donors (Lipinski definition) is 3. The molecule has 0 atom stereocenters. The van der Waals surface area contributed by atoms with Crippen molar-refractivity contribution in [3.05, 3.63) is 65.1 Å². The van der Waals surface area contributed by atoms with Gasteiger partial charge in [-0.1, -0.05) is 12.1 Å². The summed E-state index contributed by atoms with van der Waals surface area (Å²) >= 11 is 0. The fourth-order valence-electron chi connectivity index (χ4n) is 5.10. The van der Waals surface area contributed by atoms with E-state index in [4.69, 9.17) is 19.4 Å². The summed E-state index contributed by atoms with van der Waals surface area (Å²) in [4.78, 5) is 33.9. The van der Waals surface area contributed by atoms with Gasteiger partial charge in [-0.2, -0.15) is 13.2 Å². The molecule has 0 bridgehead atoms. The average molecular weight is 600 g/mol. The SMILES string of the molecule is O=C(O)C(F)(F)F.O=C1NCCc2[nH]c(-c3ccnc(C=Cc4ccc(N5CCOCC5)cc4N4CCOCC4)c3)cc21. The van der Waals surface area contributed by atoms with E-state index in [0.29, 0.717) is 6.54 Å². The Hall–Kier alpha value is -4.36. The van der Waals surface area contributed by atoms with Gasteiger partial charge in [0.1, 0.15) is 0 Å². The van der Waals surface area contributed by atoms with E-state index in [1.165, 1.54) is 11.4 Å². The first-order valence-electron chi connectivity index (χ1n) is 13.9. The number of pyridine rings is 1. The Morgan fingerprint density at radius 2 is 1.63 bits per heavy atom. The lowest BCUT2D eigenvalue weighted by Gasteiger charge is -2.33. The van der Waals surface area contributed by atoms with Crippen LogP contribution in [-0.2, 0) is 20.7 Å². The number of nitrogens with one attached hydrogen (secondary N) is 2. The molecule has 228 valence electrons. The second-order valence-corrected chi connectivity index (χ2v) is 10.1. The molecule has 0 saturated carbocycles. The number of aromatic amines is 1. The van der Waals surface area contributed by atoms with Gasteiger partial charge < -0.3 is 34.7 Å². The Labute approximate surface area is 246 Å². The first-order valence-corrected chi connectivity index (χ1v) is 13.9. The second kappa shape index (κ2) is 13.3. The van der Waals surface area contributed by atoms with E-state index in [-0.39, 0.29) is 5.91 Å². The maximum Gasteiger partial charge on any atom is 0.490 e. The predicted octanol–water partition coefficient (Wildman–Crippen LogP) is 3.84. The number of morpholine rings is 2. The van der Waals surface area contributed by atoms with Gasteiger partial charge in [0.2, 0.25) is 0 Å². The zero-order chi connectivity index (χ0) is 30.4. The molecule has 6 rings (SSSR count). The summed E-state index contributed by atoms with van der Waals surface area (Å²) in [5, 5.41) is 10.0. The van der Waals surface area contributed by atoms with Gasteiger partial charge >= 0.3 is 12.1 Å². The monoisotopic (exact) mass is 599 g/mol. The number of carbonyl (C=O) groups excluding carboxylic acids is 1. The number of carboxylic acid groups (broad SMARTS) is 1. The van der Waals surface area contributed by atoms with E-state index in [9.17, 15) is 18.0 Å². The van der Waals surface area contributed by atoms with E-state index < -0.39 is 12.1 Å². The fourth-order valence-corrected chi connectivity index (χ4v) is 5.10. The number of amides is 1. The molecule has 2 saturated heterocycles. The third-order valence-corrected chi connectivity index (χ3v) is 7.31. The average Bonchev–Trinajstić information content (AvgIpc) is 3.47. The standard InChI is InChI=1S/C28H31N5O3.C2HF3O2/c34-28-24-19-26(31-25(24)6-8-30-28)21-5-7-29-22(17-21)3-1-20-2-4-23(32-9-13-35-14-10-32)18-27(20)33-11-15-36-16-12-33;3-2(4,5)1(6)7/h1-5,7,17-19,31H,6,8-16H2,(H,30,34);(H,6,7). The van der Waals surface area contributed by atoms with Crippen molar-refractivity contribution in [1.82, 2.24) is 15.3 Å². The minimum Gasteiger partial charge on any atom is -0.475 e. The largest absolute Gasteiger partial charge is 0.490 e. The Morgan fingerprint density at radius 1 is 0.953 bits per heavy atom. The van der Waals surface area contributed by atoms with Crippen molar-refractivity contribution in [2.75, 3.05) is 69.0 Å². The van der Waals surface area contributed by atoms with Crippen molar-refractivity contribution in [2.45, 2.75) is 12.6 Å². The van der Waals surface area contributed by atoms with Gasteiger partial charge in [-0.25, -0.2) is 4.79 Å². The van der Waals surface area contributed by atoms with E-state index in [1.807, 2.05) is 18.3 Å². The molecule has 43 heavy (non-hydrogen) atoms. The molecule has 0 unspecified atom stereocenters. The second-order valence-electron chi connectivity index (χ2n) is 10.1. The third-order valence-electron chi connectivity index (χ3n) is 7.31. The fraction of sp³-hybridized carbons (Fsp3) is 0.367. The van der Waals surface area contributed by atoms with E-state index in [2.05, 4.69) is 61.5 Å². The normalized spacial score (nSPS) is 17.2. The number of carbonyl (C=O) groups is 2. The molecule has 0 radical (unpaired) electrons. The number of aromatic nitrogens is 2. The van der Waals surface area contributed by atoms with Crippen LogP contribution in [0.25, 0.3) is 23.4 Å². The number of nitrogens with zero attached hydrogens (tertiary/aromatic N) is 3. The van der Waals surface area contributed by atoms with Gasteiger partial charge in [0.05, 0.1) is 37.7 Å². The van der Waals surface area contributed by atoms with Gasteiger partial charge in [0, 0.05) is 73.7 Å². The third kappa shape index (κ3) is 7.54. The maximum absolute atomic E-state index is 12.2. The van der Waals surface area contributed by atoms with Gasteiger partial charge in [0.15, 0.2) is 0 Å². The van der Waals surface area contributed by atoms with E-state index in [0.717, 1.165) is 92.8 Å². The number of fused-ring (bicyclic) bond motifs is 1. The van der Waals surface area contributed by atoms with Crippen LogP contribution in [-0.4, -0.2) is 92.3 Å². The highest BCUT2D eigenvalue weighted by molar-refractivity contribution is 5.97. The minimum absolute atomic E-state index is 0.0101. The van der Waals surface area contributed by atoms with Crippen molar-refractivity contribution in [1.29, 1.82) is 0 Å². The Morgan fingerprint density at radius 3 is 2.28 bits per heavy atom. The quantitative estimate of drug-likeness (QED) is 0.405. The van der Waals surface area contributed by atoms with Crippen LogP contribution in [0.5, 0.6) is 0 Å². The molecule has 13 heteroatoms. The summed E-state index contributed by atoms with van der Waals surface area (Å²) in [5.41, 5.74) is 8.18. The molecule has 3 N–H and O–H groups in total. The van der Waals surface area contributed by atoms with Crippen molar-refractivity contribution in [3.63, 3.8) is 0 Å². The van der Waals surface area contributed by atoms with Crippen LogP contribution in [0.15, 0.2) is 42.6 Å². The minimum atomic E-state index is -5.08. The van der Waals surface area contributed by atoms with Crippen molar-refractivity contribution in [3.8, 4) is 11.3 Å². The molecule has 3 aliphatic rings. The number of halogens is 3. The number of H-pyrrole nitrogens is 1. The number of alkyl halides is 3. The summed E-state index contributed by atoms with van der Waals surface area (Å²) < 4.78 is 42.9. The lowest BCUT2D eigenvalue weighted by molar-refractivity contribution is -0.192. The van der Waals surface area contributed by atoms with Crippen LogP contribution in [0.4, 0.5) is 24.5 Å². The van der Waals surface area contributed by atoms with Crippen LogP contribution in [0.2, 0.25) is 0 Å². The number of carboxylic acids is 1. The first-order chi connectivity index (χ1) is 20.7. The number of aliphatic carboxylic acids is 1. The molecule has 1 amide bonds. The molecule has 10 nitrogen and oxygen atoms in total. The van der Waals surface area contributed by atoms with Crippen LogP contribution in [0, 0.1) is 0 Å². The molecule has 3 aromatic rings. The molecular formula is C30H32F3N5O5. The number of benzene rings is 1. The Bertz CT molecular complexity index is 1480. The van der Waals surface area contributed by atoms with Gasteiger partial charge in [-0.15, -0.1) is 0 Å². The van der Waals surface area contributed by atoms with Crippen molar-refractivity contribution < 1.29 is 37.3 Å². The Kier molecular flexibility index (Phi) is 9.31. The summed E-state index contributed by atoms with van der Waals surface area (Å²) in [5.74, 6) is -2.77. The van der Waals surface area contributed by atoms with E-state index >= 15 is 0 Å². The number of hydrogen-bond acceptors (Lipinski definition) is 7. The van der Waals surface area contributed by atoms with Gasteiger partial charge in [0.25, 0.3) is 5.91 Å². The molecule has 2 fully saturated rings. The molecule has 2 aromatic heterocycles. The zero-order valence-electron chi connectivity index (χ0n) is 23.3. The number of anilines is 2. The topological polar surface area (TPSA) is 120 Å². The summed E-state index contributed by atoms with van der Waals surface area (Å²) in [6.45, 7) is 7.29. The highest BCUT2D eigenvalue weighted by Gasteiger charge is 2.38. The maximum atomic E-state index is 12.2. The zero-order valence-corrected chi connectivity index (χ0v) is 23.3.